The van der Waals surface area contributed by atoms with E-state index in [9.17, 15) is 18.0 Å². The smallest absolute Gasteiger partial charge is 0.339 e. The van der Waals surface area contributed by atoms with Crippen molar-refractivity contribution in [2.75, 3.05) is 11.6 Å². The third-order valence-electron chi connectivity index (χ3n) is 4.14. The summed E-state index contributed by atoms with van der Waals surface area (Å²) in [4.78, 5) is 24.7. The highest BCUT2D eigenvalue weighted by Gasteiger charge is 2.21. The normalized spacial score (nSPS) is 12.3. The Labute approximate surface area is 159 Å². The quantitative estimate of drug-likeness (QED) is 0.767. The van der Waals surface area contributed by atoms with Gasteiger partial charge in [-0.25, -0.2) is 13.2 Å². The Hall–Kier alpha value is -2.67. The van der Waals surface area contributed by atoms with Crippen molar-refractivity contribution >= 4 is 27.4 Å². The van der Waals surface area contributed by atoms with Crippen LogP contribution >= 0.6 is 0 Å². The highest BCUT2D eigenvalue weighted by Crippen LogP contribution is 2.18. The summed E-state index contributed by atoms with van der Waals surface area (Å²) in [6, 6.07) is 11.6. The molecule has 2 aromatic rings. The Morgan fingerprint density at radius 3 is 2.30 bits per heavy atom. The molecule has 0 fully saturated rings. The van der Waals surface area contributed by atoms with E-state index in [1.54, 1.807) is 19.1 Å². The first-order chi connectivity index (χ1) is 12.6. The first-order valence-electron chi connectivity index (χ1n) is 8.53. The second kappa shape index (κ2) is 8.35. The predicted molar refractivity (Wildman–Crippen MR) is 104 cm³/mol. The van der Waals surface area contributed by atoms with Crippen molar-refractivity contribution in [3.63, 3.8) is 0 Å². The third-order valence-corrected chi connectivity index (χ3v) is 5.25. The molecule has 27 heavy (non-hydrogen) atoms. The van der Waals surface area contributed by atoms with E-state index in [0.717, 1.165) is 18.2 Å². The molecule has 0 unspecified atom stereocenters. The number of esters is 1. The van der Waals surface area contributed by atoms with Gasteiger partial charge in [-0.3, -0.25) is 4.79 Å². The van der Waals surface area contributed by atoms with Gasteiger partial charge in [-0.2, -0.15) is 0 Å². The fraction of sp³-hybridized carbons (Fsp3) is 0.300. The molecule has 0 heterocycles. The van der Waals surface area contributed by atoms with E-state index in [1.807, 2.05) is 19.1 Å². The van der Waals surface area contributed by atoms with Crippen LogP contribution in [-0.4, -0.2) is 32.7 Å². The number of nitrogens with one attached hydrogen (secondary N) is 1. The summed E-state index contributed by atoms with van der Waals surface area (Å²) < 4.78 is 28.6. The topological polar surface area (TPSA) is 89.5 Å². The number of aryl methyl sites for hydroxylation is 2. The standard InChI is InChI=1S/C20H23NO5S/c1-5-15-7-9-16(10-8-15)21-19(22)14(3)26-20(23)18-12-17(27(4,24)25)11-6-13(18)2/h6-12,14H,5H2,1-4H3,(H,21,22)/t14-/m0/s1. The number of ether oxygens (including phenoxy) is 1. The Kier molecular flexibility index (Phi) is 6.38. The molecule has 7 heteroatoms. The number of carbonyl (C=O) groups is 2. The van der Waals surface area contributed by atoms with Gasteiger partial charge in [0.2, 0.25) is 0 Å². The van der Waals surface area contributed by atoms with Crippen LogP contribution in [0.3, 0.4) is 0 Å². The minimum atomic E-state index is -3.45. The molecule has 2 rings (SSSR count). The van der Waals surface area contributed by atoms with Gasteiger partial charge in [0.25, 0.3) is 5.91 Å². The second-order valence-corrected chi connectivity index (χ2v) is 8.35. The Morgan fingerprint density at radius 1 is 1.11 bits per heavy atom. The second-order valence-electron chi connectivity index (χ2n) is 6.34. The molecule has 2 aromatic carbocycles. The Balaban J connectivity index is 2.09. The first-order valence-corrected chi connectivity index (χ1v) is 10.4. The van der Waals surface area contributed by atoms with Crippen molar-refractivity contribution in [2.24, 2.45) is 0 Å². The van der Waals surface area contributed by atoms with Gasteiger partial charge in [-0.05, 0) is 55.7 Å². The molecule has 0 saturated carbocycles. The number of anilines is 1. The lowest BCUT2D eigenvalue weighted by Gasteiger charge is -2.15. The maximum Gasteiger partial charge on any atom is 0.339 e. The number of carbonyl (C=O) groups excluding carboxylic acids is 2. The molecule has 1 amide bonds. The summed E-state index contributed by atoms with van der Waals surface area (Å²) in [6.45, 7) is 5.17. The monoisotopic (exact) mass is 389 g/mol. The summed E-state index contributed by atoms with van der Waals surface area (Å²) in [5.74, 6) is -1.22. The average Bonchev–Trinajstić information content (AvgIpc) is 2.61. The van der Waals surface area contributed by atoms with Gasteiger partial charge in [0, 0.05) is 11.9 Å². The molecule has 0 aliphatic heterocycles. The summed E-state index contributed by atoms with van der Waals surface area (Å²) in [5.41, 5.74) is 2.43. The largest absolute Gasteiger partial charge is 0.449 e. The van der Waals surface area contributed by atoms with Crippen LogP contribution in [0.2, 0.25) is 0 Å². The molecule has 6 nitrogen and oxygen atoms in total. The number of sulfone groups is 1. The zero-order valence-electron chi connectivity index (χ0n) is 15.8. The van der Waals surface area contributed by atoms with Crippen molar-refractivity contribution < 1.29 is 22.7 Å². The maximum absolute atomic E-state index is 12.4. The van der Waals surface area contributed by atoms with Gasteiger partial charge in [0.05, 0.1) is 10.5 Å². The molecular weight excluding hydrogens is 366 g/mol. The molecule has 0 aliphatic carbocycles. The summed E-state index contributed by atoms with van der Waals surface area (Å²) >= 11 is 0. The van der Waals surface area contributed by atoms with E-state index >= 15 is 0 Å². The van der Waals surface area contributed by atoms with Gasteiger partial charge in [-0.1, -0.05) is 25.1 Å². The minimum absolute atomic E-state index is 0.0215. The zero-order valence-corrected chi connectivity index (χ0v) is 16.6. The van der Waals surface area contributed by atoms with Crippen molar-refractivity contribution in [1.82, 2.24) is 0 Å². The summed E-state index contributed by atoms with van der Waals surface area (Å²) in [7, 11) is -3.45. The highest BCUT2D eigenvalue weighted by atomic mass is 32.2. The third kappa shape index (κ3) is 5.40. The predicted octanol–water partition coefficient (Wildman–Crippen LogP) is 3.14. The maximum atomic E-state index is 12.4. The summed E-state index contributed by atoms with van der Waals surface area (Å²) in [5, 5.41) is 2.69. The number of benzene rings is 2. The van der Waals surface area contributed by atoms with Crippen molar-refractivity contribution in [1.29, 1.82) is 0 Å². The molecule has 0 aliphatic rings. The van der Waals surface area contributed by atoms with E-state index in [4.69, 9.17) is 4.74 Å². The van der Waals surface area contributed by atoms with Crippen LogP contribution in [-0.2, 0) is 25.8 Å². The summed E-state index contributed by atoms with van der Waals surface area (Å²) in [6.07, 6.45) is 0.922. The number of hydrogen-bond acceptors (Lipinski definition) is 5. The highest BCUT2D eigenvalue weighted by molar-refractivity contribution is 7.90. The lowest BCUT2D eigenvalue weighted by Crippen LogP contribution is -2.30. The fourth-order valence-electron chi connectivity index (χ4n) is 2.40. The molecule has 1 N–H and O–H groups in total. The fourth-order valence-corrected chi connectivity index (χ4v) is 3.04. The van der Waals surface area contributed by atoms with E-state index in [2.05, 4.69) is 5.32 Å². The lowest BCUT2D eigenvalue weighted by atomic mass is 10.1. The minimum Gasteiger partial charge on any atom is -0.449 e. The average molecular weight is 389 g/mol. The van der Waals surface area contributed by atoms with Crippen LogP contribution in [0.15, 0.2) is 47.4 Å². The Morgan fingerprint density at radius 2 is 1.74 bits per heavy atom. The molecular formula is C20H23NO5S. The van der Waals surface area contributed by atoms with Crippen LogP contribution in [0.4, 0.5) is 5.69 Å². The van der Waals surface area contributed by atoms with Gasteiger partial charge >= 0.3 is 5.97 Å². The molecule has 0 spiro atoms. The van der Waals surface area contributed by atoms with Crippen LogP contribution < -0.4 is 5.32 Å². The molecule has 144 valence electrons. The molecule has 0 bridgehead atoms. The lowest BCUT2D eigenvalue weighted by molar-refractivity contribution is -0.123. The van der Waals surface area contributed by atoms with Gasteiger partial charge < -0.3 is 10.1 Å². The van der Waals surface area contributed by atoms with E-state index in [-0.39, 0.29) is 10.5 Å². The van der Waals surface area contributed by atoms with Crippen LogP contribution in [0.5, 0.6) is 0 Å². The van der Waals surface area contributed by atoms with Crippen molar-refractivity contribution in [3.8, 4) is 0 Å². The van der Waals surface area contributed by atoms with Gasteiger partial charge in [0.15, 0.2) is 15.9 Å². The Bertz CT molecular complexity index is 949. The first kappa shape index (κ1) is 20.6. The molecule has 0 saturated heterocycles. The number of hydrogen-bond donors (Lipinski definition) is 1. The van der Waals surface area contributed by atoms with Crippen LogP contribution in [0.25, 0.3) is 0 Å². The van der Waals surface area contributed by atoms with E-state index < -0.39 is 27.8 Å². The van der Waals surface area contributed by atoms with Gasteiger partial charge in [0.1, 0.15) is 0 Å². The molecule has 1 atom stereocenters. The zero-order chi connectivity index (χ0) is 20.2. The number of amides is 1. The van der Waals surface area contributed by atoms with E-state index in [1.165, 1.54) is 25.1 Å². The number of rotatable bonds is 6. The van der Waals surface area contributed by atoms with E-state index in [0.29, 0.717) is 11.3 Å². The van der Waals surface area contributed by atoms with Gasteiger partial charge in [-0.15, -0.1) is 0 Å². The molecule has 0 aromatic heterocycles. The van der Waals surface area contributed by atoms with Crippen LogP contribution in [0, 0.1) is 6.92 Å². The van der Waals surface area contributed by atoms with Crippen molar-refractivity contribution in [3.05, 3.63) is 59.2 Å². The van der Waals surface area contributed by atoms with Crippen LogP contribution in [0.1, 0.15) is 35.3 Å². The SMILES string of the molecule is CCc1ccc(NC(=O)[C@H](C)OC(=O)c2cc(S(C)(=O)=O)ccc2C)cc1. The van der Waals surface area contributed by atoms with Crippen molar-refractivity contribution in [2.45, 2.75) is 38.2 Å². The molecule has 0 radical (unpaired) electrons.